The van der Waals surface area contributed by atoms with Crippen LogP contribution in [0.2, 0.25) is 0 Å². The number of hydrogen-bond acceptors (Lipinski definition) is 7. The van der Waals surface area contributed by atoms with Gasteiger partial charge in [0, 0.05) is 18.3 Å². The average molecular weight is 419 g/mol. The van der Waals surface area contributed by atoms with Crippen LogP contribution in [0.25, 0.3) is 0 Å². The van der Waals surface area contributed by atoms with E-state index in [2.05, 4.69) is 10.1 Å². The molecule has 0 aliphatic carbocycles. The molecule has 0 saturated heterocycles. The van der Waals surface area contributed by atoms with E-state index in [1.54, 1.807) is 24.3 Å². The summed E-state index contributed by atoms with van der Waals surface area (Å²) in [5, 5.41) is 1.82. The summed E-state index contributed by atoms with van der Waals surface area (Å²) in [4.78, 5) is 13.2. The molecule has 0 spiro atoms. The molecule has 0 fully saturated rings. The van der Waals surface area contributed by atoms with E-state index in [0.717, 1.165) is 18.5 Å². The summed E-state index contributed by atoms with van der Waals surface area (Å²) in [5.74, 6) is -0.189. The fourth-order valence-electron chi connectivity index (χ4n) is 2.88. The summed E-state index contributed by atoms with van der Waals surface area (Å²) in [7, 11) is 4.42. The first-order valence-electron chi connectivity index (χ1n) is 8.79. The molecule has 1 aliphatic rings. The number of nitrogens with one attached hydrogen (secondary N) is 2. The van der Waals surface area contributed by atoms with Gasteiger partial charge < -0.3 is 19.2 Å². The Balaban J connectivity index is 1.78. The van der Waals surface area contributed by atoms with Crippen molar-refractivity contribution in [3.63, 3.8) is 0 Å². The van der Waals surface area contributed by atoms with Gasteiger partial charge in [-0.15, -0.1) is 0 Å². The maximum atomic E-state index is 15.0. The lowest BCUT2D eigenvalue weighted by Crippen LogP contribution is -2.28. The molecule has 2 aromatic rings. The zero-order valence-corrected chi connectivity index (χ0v) is 17.1. The highest BCUT2D eigenvalue weighted by atomic mass is 32.2. The van der Waals surface area contributed by atoms with Crippen molar-refractivity contribution in [1.29, 1.82) is 0 Å². The van der Waals surface area contributed by atoms with Gasteiger partial charge in [-0.25, -0.2) is 9.82 Å². The average Bonchev–Trinajstić information content (AvgIpc) is 3.25. The Morgan fingerprint density at radius 2 is 1.90 bits per heavy atom. The number of hydrogen-bond donors (Lipinski definition) is 2. The van der Waals surface area contributed by atoms with Crippen molar-refractivity contribution in [1.82, 2.24) is 15.2 Å². The lowest BCUT2D eigenvalue weighted by Gasteiger charge is -2.19. The molecule has 0 saturated carbocycles. The highest BCUT2D eigenvalue weighted by Gasteiger charge is 2.21. The fourth-order valence-corrected chi connectivity index (χ4v) is 3.69. The van der Waals surface area contributed by atoms with Crippen LogP contribution in [0.1, 0.15) is 15.9 Å². The minimum Gasteiger partial charge on any atom is -0.495 e. The van der Waals surface area contributed by atoms with Crippen molar-refractivity contribution in [3.05, 3.63) is 59.6 Å². The van der Waals surface area contributed by atoms with E-state index in [-0.39, 0.29) is 11.3 Å². The molecule has 29 heavy (non-hydrogen) atoms. The SMILES string of the molecule is COc1cccc(OC)c1SNC(=O)c1ccc(CN2C=CCN2)c(OC)c1F. The molecule has 2 aromatic carbocycles. The summed E-state index contributed by atoms with van der Waals surface area (Å²) < 4.78 is 33.4. The Morgan fingerprint density at radius 3 is 2.48 bits per heavy atom. The number of hydrazine groups is 1. The predicted molar refractivity (Wildman–Crippen MR) is 109 cm³/mol. The van der Waals surface area contributed by atoms with Gasteiger partial charge in [-0.05, 0) is 30.1 Å². The summed E-state index contributed by atoms with van der Waals surface area (Å²) in [6.45, 7) is 1.13. The summed E-state index contributed by atoms with van der Waals surface area (Å²) >= 11 is 0.994. The van der Waals surface area contributed by atoms with E-state index in [1.807, 2.05) is 17.3 Å². The topological polar surface area (TPSA) is 72.1 Å². The van der Waals surface area contributed by atoms with Crippen LogP contribution in [0, 0.1) is 5.82 Å². The first-order valence-corrected chi connectivity index (χ1v) is 9.61. The van der Waals surface area contributed by atoms with Crippen molar-refractivity contribution in [3.8, 4) is 17.2 Å². The largest absolute Gasteiger partial charge is 0.495 e. The highest BCUT2D eigenvalue weighted by Crippen LogP contribution is 2.36. The second kappa shape index (κ2) is 9.53. The second-order valence-electron chi connectivity index (χ2n) is 6.02. The lowest BCUT2D eigenvalue weighted by molar-refractivity contribution is 0.0979. The van der Waals surface area contributed by atoms with Gasteiger partial charge in [-0.1, -0.05) is 18.2 Å². The minimum atomic E-state index is -0.710. The summed E-state index contributed by atoms with van der Waals surface area (Å²) in [6, 6.07) is 8.39. The number of amides is 1. The van der Waals surface area contributed by atoms with E-state index in [4.69, 9.17) is 14.2 Å². The number of nitrogens with zero attached hydrogens (tertiary/aromatic N) is 1. The molecule has 154 valence electrons. The summed E-state index contributed by atoms with van der Waals surface area (Å²) in [5.41, 5.74) is 3.62. The molecule has 0 radical (unpaired) electrons. The van der Waals surface area contributed by atoms with Crippen LogP contribution >= 0.6 is 11.9 Å². The Hall–Kier alpha value is -2.91. The first kappa shape index (κ1) is 20.8. The minimum absolute atomic E-state index is 0.0413. The molecule has 0 aromatic heterocycles. The Labute approximate surface area is 172 Å². The molecule has 1 aliphatic heterocycles. The standard InChI is InChI=1S/C20H22FN3O4S/c1-26-15-6-4-7-16(27-2)19(15)29-23-20(25)14-9-8-13(18(28-3)17(14)21)12-24-11-5-10-22-24/h4-9,11,22H,10,12H2,1-3H3,(H,23,25). The first-order chi connectivity index (χ1) is 14.1. The normalized spacial score (nSPS) is 12.8. The predicted octanol–water partition coefficient (Wildman–Crippen LogP) is 3.12. The summed E-state index contributed by atoms with van der Waals surface area (Å²) in [6.07, 6.45) is 3.82. The van der Waals surface area contributed by atoms with Crippen LogP contribution in [0.3, 0.4) is 0 Å². The van der Waals surface area contributed by atoms with Crippen molar-refractivity contribution in [2.24, 2.45) is 0 Å². The van der Waals surface area contributed by atoms with Crippen molar-refractivity contribution < 1.29 is 23.4 Å². The van der Waals surface area contributed by atoms with Gasteiger partial charge in [0.2, 0.25) is 0 Å². The fraction of sp³-hybridized carbons (Fsp3) is 0.250. The number of ether oxygens (including phenoxy) is 3. The zero-order valence-electron chi connectivity index (χ0n) is 16.3. The van der Waals surface area contributed by atoms with Crippen LogP contribution in [0.5, 0.6) is 17.2 Å². The monoisotopic (exact) mass is 419 g/mol. The number of carbonyl (C=O) groups is 1. The molecule has 3 rings (SSSR count). The van der Waals surface area contributed by atoms with E-state index < -0.39 is 11.7 Å². The lowest BCUT2D eigenvalue weighted by atomic mass is 10.1. The molecule has 7 nitrogen and oxygen atoms in total. The van der Waals surface area contributed by atoms with E-state index >= 15 is 0 Å². The van der Waals surface area contributed by atoms with Crippen LogP contribution in [-0.2, 0) is 6.54 Å². The van der Waals surface area contributed by atoms with Crippen molar-refractivity contribution >= 4 is 17.9 Å². The van der Waals surface area contributed by atoms with Gasteiger partial charge in [0.15, 0.2) is 11.6 Å². The Morgan fingerprint density at radius 1 is 1.17 bits per heavy atom. The Bertz CT molecular complexity index is 901. The van der Waals surface area contributed by atoms with Crippen LogP contribution in [-0.4, -0.2) is 38.8 Å². The number of halogens is 1. The van der Waals surface area contributed by atoms with E-state index in [9.17, 15) is 9.18 Å². The number of carbonyl (C=O) groups excluding carboxylic acids is 1. The van der Waals surface area contributed by atoms with Gasteiger partial charge in [0.25, 0.3) is 5.91 Å². The quantitative estimate of drug-likeness (QED) is 0.637. The maximum Gasteiger partial charge on any atom is 0.264 e. The van der Waals surface area contributed by atoms with Gasteiger partial charge in [-0.2, -0.15) is 0 Å². The smallest absolute Gasteiger partial charge is 0.264 e. The van der Waals surface area contributed by atoms with E-state index in [1.165, 1.54) is 27.4 Å². The molecule has 0 atom stereocenters. The number of benzene rings is 2. The van der Waals surface area contributed by atoms with Gasteiger partial charge in [0.1, 0.15) is 16.4 Å². The molecule has 2 N–H and O–H groups in total. The molecular weight excluding hydrogens is 397 g/mol. The zero-order chi connectivity index (χ0) is 20.8. The van der Waals surface area contributed by atoms with Crippen molar-refractivity contribution in [2.75, 3.05) is 27.9 Å². The van der Waals surface area contributed by atoms with Crippen LogP contribution in [0.15, 0.2) is 47.5 Å². The molecular formula is C20H22FN3O4S. The second-order valence-corrected chi connectivity index (χ2v) is 6.84. The molecule has 0 bridgehead atoms. The third kappa shape index (κ3) is 4.57. The third-order valence-electron chi connectivity index (χ3n) is 4.29. The van der Waals surface area contributed by atoms with Gasteiger partial charge in [-0.3, -0.25) is 9.52 Å². The molecule has 1 heterocycles. The van der Waals surface area contributed by atoms with Crippen LogP contribution in [0.4, 0.5) is 4.39 Å². The van der Waals surface area contributed by atoms with E-state index in [0.29, 0.717) is 28.5 Å². The maximum absolute atomic E-state index is 15.0. The number of rotatable bonds is 8. The number of methoxy groups -OCH3 is 3. The van der Waals surface area contributed by atoms with Gasteiger partial charge >= 0.3 is 0 Å². The van der Waals surface area contributed by atoms with Gasteiger partial charge in [0.05, 0.1) is 33.4 Å². The molecule has 0 unspecified atom stereocenters. The van der Waals surface area contributed by atoms with Crippen LogP contribution < -0.4 is 24.4 Å². The third-order valence-corrected chi connectivity index (χ3v) is 5.19. The Kier molecular flexibility index (Phi) is 6.84. The molecule has 1 amide bonds. The highest BCUT2D eigenvalue weighted by molar-refractivity contribution is 7.98. The molecule has 9 heteroatoms. The van der Waals surface area contributed by atoms with Crippen molar-refractivity contribution in [2.45, 2.75) is 11.4 Å².